The second-order valence-corrected chi connectivity index (χ2v) is 5.20. The SMILES string of the molecule is Cc1ccc(C(=O)COCCc2cccs2)cc1. The Morgan fingerprint density at radius 3 is 2.67 bits per heavy atom. The fourth-order valence-electron chi connectivity index (χ4n) is 1.62. The molecule has 0 N–H and O–H groups in total. The van der Waals surface area contributed by atoms with Crippen LogP contribution in [-0.4, -0.2) is 19.0 Å². The number of carbonyl (C=O) groups excluding carboxylic acids is 1. The van der Waals surface area contributed by atoms with Crippen molar-refractivity contribution in [2.75, 3.05) is 13.2 Å². The van der Waals surface area contributed by atoms with Gasteiger partial charge in [0.05, 0.1) is 6.61 Å². The minimum Gasteiger partial charge on any atom is -0.373 e. The van der Waals surface area contributed by atoms with Crippen molar-refractivity contribution in [3.05, 3.63) is 57.8 Å². The Kier molecular flexibility index (Phi) is 4.67. The summed E-state index contributed by atoms with van der Waals surface area (Å²) < 4.78 is 5.41. The van der Waals surface area contributed by atoms with Crippen LogP contribution in [0.1, 0.15) is 20.8 Å². The molecule has 0 atom stereocenters. The maximum Gasteiger partial charge on any atom is 0.188 e. The maximum absolute atomic E-state index is 11.8. The van der Waals surface area contributed by atoms with Gasteiger partial charge in [-0.2, -0.15) is 0 Å². The van der Waals surface area contributed by atoms with E-state index in [2.05, 4.69) is 6.07 Å². The molecule has 1 heterocycles. The number of ketones is 1. The average molecular weight is 260 g/mol. The monoisotopic (exact) mass is 260 g/mol. The highest BCUT2D eigenvalue weighted by Gasteiger charge is 2.05. The molecule has 2 aromatic rings. The number of carbonyl (C=O) groups is 1. The topological polar surface area (TPSA) is 26.3 Å². The lowest BCUT2D eigenvalue weighted by atomic mass is 10.1. The van der Waals surface area contributed by atoms with Gasteiger partial charge in [0, 0.05) is 16.9 Å². The molecule has 2 nitrogen and oxygen atoms in total. The molecule has 0 radical (unpaired) electrons. The summed E-state index contributed by atoms with van der Waals surface area (Å²) in [6.07, 6.45) is 0.874. The van der Waals surface area contributed by atoms with Gasteiger partial charge in [-0.3, -0.25) is 4.79 Å². The molecule has 94 valence electrons. The first-order valence-electron chi connectivity index (χ1n) is 5.96. The highest BCUT2D eigenvalue weighted by Crippen LogP contribution is 2.09. The molecule has 0 aliphatic carbocycles. The summed E-state index contributed by atoms with van der Waals surface area (Å²) in [5.74, 6) is 0.0428. The summed E-state index contributed by atoms with van der Waals surface area (Å²) >= 11 is 1.71. The fourth-order valence-corrected chi connectivity index (χ4v) is 2.31. The molecule has 0 aliphatic rings. The Morgan fingerprint density at radius 2 is 2.00 bits per heavy atom. The van der Waals surface area contributed by atoms with Gasteiger partial charge in [0.1, 0.15) is 6.61 Å². The van der Waals surface area contributed by atoms with Crippen LogP contribution in [0.2, 0.25) is 0 Å². The van der Waals surface area contributed by atoms with Crippen molar-refractivity contribution in [1.82, 2.24) is 0 Å². The van der Waals surface area contributed by atoms with Gasteiger partial charge in [-0.25, -0.2) is 0 Å². The van der Waals surface area contributed by atoms with Crippen molar-refractivity contribution in [3.63, 3.8) is 0 Å². The van der Waals surface area contributed by atoms with E-state index in [4.69, 9.17) is 4.74 Å². The van der Waals surface area contributed by atoms with E-state index in [-0.39, 0.29) is 12.4 Å². The van der Waals surface area contributed by atoms with Gasteiger partial charge in [-0.15, -0.1) is 11.3 Å². The van der Waals surface area contributed by atoms with Crippen molar-refractivity contribution < 1.29 is 9.53 Å². The zero-order valence-electron chi connectivity index (χ0n) is 10.4. The molecule has 18 heavy (non-hydrogen) atoms. The number of benzene rings is 1. The molecule has 1 aromatic heterocycles. The second kappa shape index (κ2) is 6.47. The number of thiophene rings is 1. The van der Waals surface area contributed by atoms with Gasteiger partial charge in [0.2, 0.25) is 0 Å². The third kappa shape index (κ3) is 3.79. The van der Waals surface area contributed by atoms with Crippen molar-refractivity contribution in [3.8, 4) is 0 Å². The van der Waals surface area contributed by atoms with E-state index in [9.17, 15) is 4.79 Å². The van der Waals surface area contributed by atoms with Crippen molar-refractivity contribution in [1.29, 1.82) is 0 Å². The van der Waals surface area contributed by atoms with E-state index < -0.39 is 0 Å². The summed E-state index contributed by atoms with van der Waals surface area (Å²) in [7, 11) is 0. The normalized spacial score (nSPS) is 10.5. The molecule has 0 spiro atoms. The van der Waals surface area contributed by atoms with E-state index in [1.54, 1.807) is 11.3 Å². The van der Waals surface area contributed by atoms with Crippen LogP contribution in [0.15, 0.2) is 41.8 Å². The van der Waals surface area contributed by atoms with Gasteiger partial charge >= 0.3 is 0 Å². The molecule has 0 fully saturated rings. The molecule has 0 aliphatic heterocycles. The minimum absolute atomic E-state index is 0.0428. The van der Waals surface area contributed by atoms with Gasteiger partial charge in [0.15, 0.2) is 5.78 Å². The first kappa shape index (κ1) is 13.0. The fraction of sp³-hybridized carbons (Fsp3) is 0.267. The van der Waals surface area contributed by atoms with Crippen LogP contribution in [0.5, 0.6) is 0 Å². The van der Waals surface area contributed by atoms with E-state index >= 15 is 0 Å². The van der Waals surface area contributed by atoms with Crippen molar-refractivity contribution >= 4 is 17.1 Å². The Hall–Kier alpha value is -1.45. The first-order chi connectivity index (χ1) is 8.75. The largest absolute Gasteiger partial charge is 0.373 e. The summed E-state index contributed by atoms with van der Waals surface area (Å²) in [6, 6.07) is 11.7. The molecule has 0 bridgehead atoms. The lowest BCUT2D eigenvalue weighted by Crippen LogP contribution is -2.10. The molecular weight excluding hydrogens is 244 g/mol. The highest BCUT2D eigenvalue weighted by molar-refractivity contribution is 7.09. The summed E-state index contributed by atoms with van der Waals surface area (Å²) in [4.78, 5) is 13.1. The van der Waals surface area contributed by atoms with E-state index in [0.717, 1.165) is 17.5 Å². The number of Topliss-reactive ketones (excluding diaryl/α,β-unsaturated/α-hetero) is 1. The molecule has 1 aromatic carbocycles. The Bertz CT molecular complexity index is 486. The minimum atomic E-state index is 0.0428. The molecule has 2 rings (SSSR count). The Labute approximate surface area is 111 Å². The van der Waals surface area contributed by atoms with Crippen LogP contribution in [0, 0.1) is 6.92 Å². The highest BCUT2D eigenvalue weighted by atomic mass is 32.1. The van der Waals surface area contributed by atoms with Crippen LogP contribution >= 0.6 is 11.3 Å². The molecule has 0 unspecified atom stereocenters. The zero-order chi connectivity index (χ0) is 12.8. The third-order valence-electron chi connectivity index (χ3n) is 2.68. The van der Waals surface area contributed by atoms with Gasteiger partial charge in [-0.05, 0) is 18.4 Å². The number of rotatable bonds is 6. The molecular formula is C15H16O2S. The van der Waals surface area contributed by atoms with Gasteiger partial charge in [0.25, 0.3) is 0 Å². The summed E-state index contributed by atoms with van der Waals surface area (Å²) in [5.41, 5.74) is 1.88. The van der Waals surface area contributed by atoms with Crippen LogP contribution in [0.25, 0.3) is 0 Å². The molecule has 0 amide bonds. The molecule has 3 heteroatoms. The van der Waals surface area contributed by atoms with Gasteiger partial charge < -0.3 is 4.74 Å². The van der Waals surface area contributed by atoms with Gasteiger partial charge in [-0.1, -0.05) is 35.9 Å². The quantitative estimate of drug-likeness (QED) is 0.587. The Morgan fingerprint density at radius 1 is 1.22 bits per heavy atom. The van der Waals surface area contributed by atoms with Crippen LogP contribution < -0.4 is 0 Å². The molecule has 0 saturated heterocycles. The lowest BCUT2D eigenvalue weighted by molar-refractivity contribution is 0.0766. The van der Waals surface area contributed by atoms with E-state index in [0.29, 0.717) is 6.61 Å². The predicted molar refractivity (Wildman–Crippen MR) is 74.4 cm³/mol. The lowest BCUT2D eigenvalue weighted by Gasteiger charge is -2.03. The van der Waals surface area contributed by atoms with E-state index in [1.165, 1.54) is 4.88 Å². The third-order valence-corrected chi connectivity index (χ3v) is 3.62. The maximum atomic E-state index is 11.8. The Balaban J connectivity index is 1.73. The second-order valence-electron chi connectivity index (χ2n) is 4.17. The average Bonchev–Trinajstić information content (AvgIpc) is 2.88. The first-order valence-corrected chi connectivity index (χ1v) is 6.83. The van der Waals surface area contributed by atoms with Crippen LogP contribution in [0.4, 0.5) is 0 Å². The molecule has 0 saturated carbocycles. The van der Waals surface area contributed by atoms with Crippen molar-refractivity contribution in [2.24, 2.45) is 0 Å². The summed E-state index contributed by atoms with van der Waals surface area (Å²) in [5, 5.41) is 2.05. The van der Waals surface area contributed by atoms with E-state index in [1.807, 2.05) is 42.6 Å². The smallest absolute Gasteiger partial charge is 0.188 e. The van der Waals surface area contributed by atoms with Crippen LogP contribution in [0.3, 0.4) is 0 Å². The van der Waals surface area contributed by atoms with Crippen LogP contribution in [-0.2, 0) is 11.2 Å². The number of hydrogen-bond donors (Lipinski definition) is 0. The number of aryl methyl sites for hydroxylation is 1. The number of hydrogen-bond acceptors (Lipinski definition) is 3. The standard InChI is InChI=1S/C15H16O2S/c1-12-4-6-13(7-5-12)15(16)11-17-9-8-14-3-2-10-18-14/h2-7,10H,8-9,11H2,1H3. The predicted octanol–water partition coefficient (Wildman–Crippen LogP) is 3.50. The zero-order valence-corrected chi connectivity index (χ0v) is 11.2. The van der Waals surface area contributed by atoms with Crippen molar-refractivity contribution in [2.45, 2.75) is 13.3 Å². The number of ether oxygens (including phenoxy) is 1. The summed E-state index contributed by atoms with van der Waals surface area (Å²) in [6.45, 7) is 2.76.